The summed E-state index contributed by atoms with van der Waals surface area (Å²) in [5, 5.41) is 9.13. The van der Waals surface area contributed by atoms with E-state index < -0.39 is 35.2 Å². The molecule has 0 spiro atoms. The molecule has 6 heteroatoms. The van der Waals surface area contributed by atoms with Crippen LogP contribution in [0.5, 0.6) is 0 Å². The van der Waals surface area contributed by atoms with Crippen molar-refractivity contribution in [2.45, 2.75) is 6.10 Å². The smallest absolute Gasteiger partial charge is 0.247 e. The maximum Gasteiger partial charge on any atom is 0.247 e. The van der Waals surface area contributed by atoms with E-state index in [1.165, 1.54) is 0 Å². The number of benzene rings is 1. The number of ether oxygens (including phenoxy) is 1. The molecule has 1 aliphatic rings. The number of rotatable bonds is 1. The van der Waals surface area contributed by atoms with E-state index in [9.17, 15) is 13.6 Å². The lowest BCUT2D eigenvalue weighted by atomic mass is 10.1. The van der Waals surface area contributed by atoms with Crippen LogP contribution in [0.2, 0.25) is 0 Å². The first-order valence-corrected chi connectivity index (χ1v) is 4.35. The van der Waals surface area contributed by atoms with Crippen LogP contribution in [-0.4, -0.2) is 10.9 Å². The molecule has 1 unspecified atom stereocenters. The highest BCUT2D eigenvalue weighted by molar-refractivity contribution is 5.99. The molecule has 0 aromatic heterocycles. The van der Waals surface area contributed by atoms with Crippen LogP contribution in [-0.2, 0) is 9.53 Å². The lowest BCUT2D eigenvalue weighted by Crippen LogP contribution is -2.11. The number of carbonyl (C=O) groups is 1. The first kappa shape index (κ1) is 10.4. The predicted molar refractivity (Wildman–Crippen MR) is 49.0 cm³/mol. The van der Waals surface area contributed by atoms with Crippen molar-refractivity contribution < 1.29 is 23.4 Å². The fourth-order valence-electron chi connectivity index (χ4n) is 1.40. The molecule has 16 heavy (non-hydrogen) atoms. The van der Waals surface area contributed by atoms with Crippen LogP contribution in [0, 0.1) is 11.6 Å². The third-order valence-corrected chi connectivity index (χ3v) is 2.19. The number of hydrogen-bond donors (Lipinski definition) is 2. The number of aliphatic hydroxyl groups excluding tert-OH is 1. The van der Waals surface area contributed by atoms with Crippen LogP contribution in [0.25, 0.3) is 0 Å². The highest BCUT2D eigenvalue weighted by atomic mass is 19.1. The van der Waals surface area contributed by atoms with Gasteiger partial charge in [-0.1, -0.05) is 0 Å². The Morgan fingerprint density at radius 2 is 2.06 bits per heavy atom. The molecular weight excluding hydrogens is 220 g/mol. The van der Waals surface area contributed by atoms with Crippen molar-refractivity contribution in [3.8, 4) is 0 Å². The molecule has 3 N–H and O–H groups in total. The SMILES string of the molecule is NC1=C(O)C(=O)C(c2ccc(F)cc2F)O1. The molecule has 1 aromatic carbocycles. The Morgan fingerprint density at radius 1 is 1.38 bits per heavy atom. The maximum absolute atomic E-state index is 13.3. The van der Waals surface area contributed by atoms with Gasteiger partial charge in [0.05, 0.1) is 0 Å². The number of ketones is 1. The molecule has 1 heterocycles. The second-order valence-electron chi connectivity index (χ2n) is 3.24. The van der Waals surface area contributed by atoms with Crippen molar-refractivity contribution in [1.82, 2.24) is 0 Å². The van der Waals surface area contributed by atoms with Gasteiger partial charge in [0.2, 0.25) is 17.4 Å². The average Bonchev–Trinajstić information content (AvgIpc) is 2.46. The van der Waals surface area contributed by atoms with Gasteiger partial charge >= 0.3 is 0 Å². The maximum atomic E-state index is 13.3. The van der Waals surface area contributed by atoms with Crippen LogP contribution in [0.15, 0.2) is 29.8 Å². The standard InChI is InChI=1S/C10H7F2NO3/c11-4-1-2-5(6(12)3-4)9-7(14)8(15)10(13)16-9/h1-3,9,15H,13H2. The Morgan fingerprint density at radius 3 is 2.56 bits per heavy atom. The molecule has 0 saturated carbocycles. The zero-order valence-electron chi connectivity index (χ0n) is 7.91. The molecule has 0 bridgehead atoms. The quantitative estimate of drug-likeness (QED) is 0.758. The summed E-state index contributed by atoms with van der Waals surface area (Å²) in [7, 11) is 0. The Balaban J connectivity index is 2.38. The summed E-state index contributed by atoms with van der Waals surface area (Å²) < 4.78 is 30.7. The number of aliphatic hydroxyl groups is 1. The molecule has 1 atom stereocenters. The van der Waals surface area contributed by atoms with E-state index in [1.807, 2.05) is 0 Å². The Hall–Kier alpha value is -2.11. The minimum Gasteiger partial charge on any atom is -0.501 e. The van der Waals surface area contributed by atoms with Crippen LogP contribution >= 0.6 is 0 Å². The normalized spacial score (nSPS) is 20.1. The summed E-state index contributed by atoms with van der Waals surface area (Å²) in [6.07, 6.45) is -1.35. The van der Waals surface area contributed by atoms with Crippen LogP contribution in [0.4, 0.5) is 8.78 Å². The molecule has 0 saturated heterocycles. The fourth-order valence-corrected chi connectivity index (χ4v) is 1.40. The van der Waals surface area contributed by atoms with Crippen LogP contribution in [0.3, 0.4) is 0 Å². The van der Waals surface area contributed by atoms with E-state index in [0.717, 1.165) is 12.1 Å². The summed E-state index contributed by atoms with van der Waals surface area (Å²) >= 11 is 0. The van der Waals surface area contributed by atoms with Gasteiger partial charge in [-0.25, -0.2) is 8.78 Å². The Labute approximate surface area is 88.9 Å². The van der Waals surface area contributed by atoms with Crippen LogP contribution in [0.1, 0.15) is 11.7 Å². The first-order valence-electron chi connectivity index (χ1n) is 4.35. The monoisotopic (exact) mass is 227 g/mol. The summed E-state index contributed by atoms with van der Waals surface area (Å²) in [5.74, 6) is -3.74. The van der Waals surface area contributed by atoms with Gasteiger partial charge in [-0.05, 0) is 12.1 Å². The van der Waals surface area contributed by atoms with E-state index in [0.29, 0.717) is 6.07 Å². The van der Waals surface area contributed by atoms with Crippen LogP contribution < -0.4 is 5.73 Å². The molecular formula is C10H7F2NO3. The molecule has 0 radical (unpaired) electrons. The first-order chi connectivity index (χ1) is 7.50. The van der Waals surface area contributed by atoms with Crippen molar-refractivity contribution in [1.29, 1.82) is 0 Å². The predicted octanol–water partition coefficient (Wildman–Crippen LogP) is 1.29. The van der Waals surface area contributed by atoms with Gasteiger partial charge in [-0.3, -0.25) is 4.79 Å². The fraction of sp³-hybridized carbons (Fsp3) is 0.100. The molecule has 0 fully saturated rings. The number of hydrogen-bond acceptors (Lipinski definition) is 4. The van der Waals surface area contributed by atoms with Crippen molar-refractivity contribution in [2.75, 3.05) is 0 Å². The zero-order chi connectivity index (χ0) is 11.9. The second-order valence-corrected chi connectivity index (χ2v) is 3.24. The third kappa shape index (κ3) is 1.48. The van der Waals surface area contributed by atoms with E-state index in [2.05, 4.69) is 0 Å². The minimum atomic E-state index is -1.35. The molecule has 4 nitrogen and oxygen atoms in total. The van der Waals surface area contributed by atoms with E-state index in [1.54, 1.807) is 0 Å². The van der Waals surface area contributed by atoms with Crippen molar-refractivity contribution in [3.63, 3.8) is 0 Å². The molecule has 84 valence electrons. The topological polar surface area (TPSA) is 72.5 Å². The summed E-state index contributed by atoms with van der Waals surface area (Å²) in [5.41, 5.74) is 5.00. The van der Waals surface area contributed by atoms with Gasteiger partial charge < -0.3 is 15.6 Å². The molecule has 1 aromatic rings. The summed E-state index contributed by atoms with van der Waals surface area (Å²) in [6.45, 7) is 0. The lowest BCUT2D eigenvalue weighted by Gasteiger charge is -2.10. The van der Waals surface area contributed by atoms with Gasteiger partial charge in [0, 0.05) is 11.6 Å². The molecule has 0 aliphatic carbocycles. The molecule has 2 rings (SSSR count). The van der Waals surface area contributed by atoms with Gasteiger partial charge in [0.15, 0.2) is 6.10 Å². The van der Waals surface area contributed by atoms with Crippen molar-refractivity contribution in [2.24, 2.45) is 5.73 Å². The number of halogens is 2. The Bertz CT molecular complexity index is 499. The van der Waals surface area contributed by atoms with Gasteiger partial charge in [-0.15, -0.1) is 0 Å². The average molecular weight is 227 g/mol. The van der Waals surface area contributed by atoms with E-state index >= 15 is 0 Å². The van der Waals surface area contributed by atoms with Crippen molar-refractivity contribution >= 4 is 5.78 Å². The molecule has 1 aliphatic heterocycles. The number of carbonyl (C=O) groups excluding carboxylic acids is 1. The number of Topliss-reactive ketones (excluding diaryl/α,β-unsaturated/α-hetero) is 1. The third-order valence-electron chi connectivity index (χ3n) is 2.19. The van der Waals surface area contributed by atoms with Gasteiger partial charge in [0.25, 0.3) is 0 Å². The zero-order valence-corrected chi connectivity index (χ0v) is 7.91. The highest BCUT2D eigenvalue weighted by Crippen LogP contribution is 2.31. The summed E-state index contributed by atoms with van der Waals surface area (Å²) in [6, 6.07) is 2.68. The second kappa shape index (κ2) is 3.48. The van der Waals surface area contributed by atoms with Gasteiger partial charge in [0.1, 0.15) is 11.6 Å². The minimum absolute atomic E-state index is 0.168. The van der Waals surface area contributed by atoms with Crippen molar-refractivity contribution in [3.05, 3.63) is 47.0 Å². The largest absolute Gasteiger partial charge is 0.501 e. The summed E-state index contributed by atoms with van der Waals surface area (Å²) in [4.78, 5) is 11.4. The lowest BCUT2D eigenvalue weighted by molar-refractivity contribution is -0.123. The number of nitrogens with two attached hydrogens (primary N) is 1. The highest BCUT2D eigenvalue weighted by Gasteiger charge is 2.36. The molecule has 0 amide bonds. The van der Waals surface area contributed by atoms with E-state index in [-0.39, 0.29) is 5.56 Å². The van der Waals surface area contributed by atoms with Gasteiger partial charge in [-0.2, -0.15) is 0 Å². The van der Waals surface area contributed by atoms with E-state index in [4.69, 9.17) is 15.6 Å². The Kier molecular flexibility index (Phi) is 2.26.